The molecule has 0 aliphatic carbocycles. The number of carbonyl (C=O) groups is 1. The van der Waals surface area contributed by atoms with E-state index in [4.69, 9.17) is 4.42 Å². The van der Waals surface area contributed by atoms with Gasteiger partial charge < -0.3 is 9.32 Å². The van der Waals surface area contributed by atoms with Gasteiger partial charge in [0.05, 0.1) is 6.20 Å². The highest BCUT2D eigenvalue weighted by molar-refractivity contribution is 6.02. The zero-order chi connectivity index (χ0) is 11.5. The maximum atomic E-state index is 11.9. The summed E-state index contributed by atoms with van der Waals surface area (Å²) in [6.45, 7) is 1.76. The maximum Gasteiger partial charge on any atom is 0.313 e. The van der Waals surface area contributed by atoms with Crippen LogP contribution in [-0.4, -0.2) is 17.9 Å². The van der Waals surface area contributed by atoms with E-state index in [0.717, 1.165) is 5.69 Å². The summed E-state index contributed by atoms with van der Waals surface area (Å²) in [5.74, 6) is 0.493. The average Bonchev–Trinajstić information content (AvgIpc) is 2.75. The lowest BCUT2D eigenvalue weighted by molar-refractivity contribution is 0.0958. The Labute approximate surface area is 93.5 Å². The van der Waals surface area contributed by atoms with Gasteiger partial charge in [0.25, 0.3) is 5.89 Å². The number of hydrogen-bond acceptors (Lipinski definition) is 3. The summed E-state index contributed by atoms with van der Waals surface area (Å²) < 4.78 is 5.19. The fraction of sp³-hybridized carbons (Fsp3) is 0.167. The fourth-order valence-corrected chi connectivity index (χ4v) is 1.37. The minimum Gasteiger partial charge on any atom is -0.438 e. The van der Waals surface area contributed by atoms with E-state index in [9.17, 15) is 4.79 Å². The van der Waals surface area contributed by atoms with Gasteiger partial charge in [0.1, 0.15) is 5.76 Å². The Kier molecular flexibility index (Phi) is 2.72. The van der Waals surface area contributed by atoms with Crippen LogP contribution in [-0.2, 0) is 0 Å². The predicted octanol–water partition coefficient (Wildman–Crippen LogP) is 2.26. The smallest absolute Gasteiger partial charge is 0.313 e. The lowest BCUT2D eigenvalue weighted by atomic mass is 10.3. The van der Waals surface area contributed by atoms with Gasteiger partial charge in [-0.15, -0.1) is 0 Å². The van der Waals surface area contributed by atoms with Crippen molar-refractivity contribution in [1.82, 2.24) is 4.98 Å². The molecule has 0 aliphatic rings. The van der Waals surface area contributed by atoms with Gasteiger partial charge in [0.15, 0.2) is 0 Å². The van der Waals surface area contributed by atoms with Crippen molar-refractivity contribution in [3.63, 3.8) is 0 Å². The molecule has 0 atom stereocenters. The van der Waals surface area contributed by atoms with Crippen molar-refractivity contribution >= 4 is 11.6 Å². The third kappa shape index (κ3) is 1.95. The molecule has 1 amide bonds. The van der Waals surface area contributed by atoms with E-state index in [-0.39, 0.29) is 11.8 Å². The van der Waals surface area contributed by atoms with Crippen LogP contribution in [0.5, 0.6) is 0 Å². The molecule has 0 spiro atoms. The number of aryl methyl sites for hydroxylation is 1. The molecule has 1 aromatic heterocycles. The monoisotopic (exact) mass is 216 g/mol. The quantitative estimate of drug-likeness (QED) is 0.773. The Balaban J connectivity index is 2.23. The van der Waals surface area contributed by atoms with Crippen molar-refractivity contribution in [3.8, 4) is 0 Å². The van der Waals surface area contributed by atoms with Gasteiger partial charge in [-0.3, -0.25) is 4.79 Å². The number of aromatic nitrogens is 1. The molecule has 0 saturated heterocycles. The molecule has 16 heavy (non-hydrogen) atoms. The van der Waals surface area contributed by atoms with Gasteiger partial charge >= 0.3 is 5.91 Å². The first-order valence-corrected chi connectivity index (χ1v) is 4.94. The van der Waals surface area contributed by atoms with Gasteiger partial charge in [0, 0.05) is 12.7 Å². The maximum absolute atomic E-state index is 11.9. The third-order valence-electron chi connectivity index (χ3n) is 2.25. The molecule has 0 fully saturated rings. The minimum absolute atomic E-state index is 0.115. The van der Waals surface area contributed by atoms with Crippen molar-refractivity contribution < 1.29 is 9.21 Å². The first-order chi connectivity index (χ1) is 7.68. The van der Waals surface area contributed by atoms with E-state index >= 15 is 0 Å². The summed E-state index contributed by atoms with van der Waals surface area (Å²) >= 11 is 0. The summed E-state index contributed by atoms with van der Waals surface area (Å²) in [6, 6.07) is 9.36. The largest absolute Gasteiger partial charge is 0.438 e. The zero-order valence-electron chi connectivity index (χ0n) is 9.18. The Bertz CT molecular complexity index is 491. The van der Waals surface area contributed by atoms with E-state index in [1.54, 1.807) is 14.0 Å². The molecule has 0 N–H and O–H groups in total. The van der Waals surface area contributed by atoms with Gasteiger partial charge in [0.2, 0.25) is 0 Å². The zero-order valence-corrected chi connectivity index (χ0v) is 9.18. The van der Waals surface area contributed by atoms with Crippen molar-refractivity contribution in [2.45, 2.75) is 6.92 Å². The van der Waals surface area contributed by atoms with Crippen molar-refractivity contribution in [2.75, 3.05) is 11.9 Å². The molecular formula is C12H12N2O2. The van der Waals surface area contributed by atoms with Crippen LogP contribution in [0.15, 0.2) is 40.9 Å². The summed E-state index contributed by atoms with van der Waals surface area (Å²) in [4.78, 5) is 17.3. The molecule has 0 saturated carbocycles. The molecule has 4 heteroatoms. The first-order valence-electron chi connectivity index (χ1n) is 4.94. The molecule has 2 rings (SSSR count). The van der Waals surface area contributed by atoms with E-state index in [1.807, 2.05) is 30.3 Å². The highest BCUT2D eigenvalue weighted by atomic mass is 16.4. The standard InChI is InChI=1S/C12H12N2O2/c1-9-8-13-11(16-9)12(15)14(2)10-6-4-3-5-7-10/h3-8H,1-2H3. The van der Waals surface area contributed by atoms with Crippen molar-refractivity contribution in [3.05, 3.63) is 48.2 Å². The third-order valence-corrected chi connectivity index (χ3v) is 2.25. The van der Waals surface area contributed by atoms with Gasteiger partial charge in [-0.05, 0) is 19.1 Å². The van der Waals surface area contributed by atoms with Crippen LogP contribution in [0.3, 0.4) is 0 Å². The summed E-state index contributed by atoms with van der Waals surface area (Å²) in [6.07, 6.45) is 1.53. The summed E-state index contributed by atoms with van der Waals surface area (Å²) in [5.41, 5.74) is 0.809. The highest BCUT2D eigenvalue weighted by Gasteiger charge is 2.17. The second kappa shape index (κ2) is 4.18. The minimum atomic E-state index is -0.251. The number of benzene rings is 1. The number of hydrogen-bond donors (Lipinski definition) is 0. The Morgan fingerprint density at radius 3 is 2.56 bits per heavy atom. The number of anilines is 1. The van der Waals surface area contributed by atoms with Crippen LogP contribution in [0.1, 0.15) is 16.4 Å². The van der Waals surface area contributed by atoms with E-state index in [2.05, 4.69) is 4.98 Å². The number of oxazole rings is 1. The van der Waals surface area contributed by atoms with Gasteiger partial charge in [-0.25, -0.2) is 4.98 Å². The van der Waals surface area contributed by atoms with Crippen LogP contribution in [0.2, 0.25) is 0 Å². The molecule has 4 nitrogen and oxygen atoms in total. The number of amides is 1. The predicted molar refractivity (Wildman–Crippen MR) is 60.4 cm³/mol. The van der Waals surface area contributed by atoms with Crippen LogP contribution in [0.25, 0.3) is 0 Å². The molecule has 0 radical (unpaired) electrons. The number of carbonyl (C=O) groups excluding carboxylic acids is 1. The van der Waals surface area contributed by atoms with Crippen molar-refractivity contribution in [2.24, 2.45) is 0 Å². The number of nitrogens with zero attached hydrogens (tertiary/aromatic N) is 2. The summed E-state index contributed by atoms with van der Waals surface area (Å²) in [5, 5.41) is 0. The SMILES string of the molecule is Cc1cnc(C(=O)N(C)c2ccccc2)o1. The second-order valence-electron chi connectivity index (χ2n) is 3.48. The number of para-hydroxylation sites is 1. The van der Waals surface area contributed by atoms with Crippen LogP contribution >= 0.6 is 0 Å². The normalized spacial score (nSPS) is 10.1. The lowest BCUT2D eigenvalue weighted by Crippen LogP contribution is -2.26. The van der Waals surface area contributed by atoms with Crippen LogP contribution in [0, 0.1) is 6.92 Å². The van der Waals surface area contributed by atoms with Gasteiger partial charge in [-0.1, -0.05) is 18.2 Å². The van der Waals surface area contributed by atoms with E-state index in [0.29, 0.717) is 5.76 Å². The van der Waals surface area contributed by atoms with Gasteiger partial charge in [-0.2, -0.15) is 0 Å². The molecule has 1 aromatic carbocycles. The first kappa shape index (κ1) is 10.4. The Hall–Kier alpha value is -2.10. The molecule has 1 heterocycles. The van der Waals surface area contributed by atoms with Crippen molar-refractivity contribution in [1.29, 1.82) is 0 Å². The highest BCUT2D eigenvalue weighted by Crippen LogP contribution is 2.14. The second-order valence-corrected chi connectivity index (χ2v) is 3.48. The van der Waals surface area contributed by atoms with E-state index in [1.165, 1.54) is 11.1 Å². The Morgan fingerprint density at radius 1 is 1.31 bits per heavy atom. The molecule has 0 aliphatic heterocycles. The topological polar surface area (TPSA) is 46.3 Å². The van der Waals surface area contributed by atoms with Crippen LogP contribution in [0.4, 0.5) is 5.69 Å². The Morgan fingerprint density at radius 2 is 2.00 bits per heavy atom. The van der Waals surface area contributed by atoms with E-state index < -0.39 is 0 Å². The summed E-state index contributed by atoms with van der Waals surface area (Å²) in [7, 11) is 1.69. The molecule has 2 aromatic rings. The van der Waals surface area contributed by atoms with Crippen LogP contribution < -0.4 is 4.90 Å². The fourth-order valence-electron chi connectivity index (χ4n) is 1.37. The molecule has 0 unspecified atom stereocenters. The number of rotatable bonds is 2. The molecular weight excluding hydrogens is 204 g/mol. The molecule has 0 bridgehead atoms. The average molecular weight is 216 g/mol. The lowest BCUT2D eigenvalue weighted by Gasteiger charge is -2.14. The molecule has 82 valence electrons.